The van der Waals surface area contributed by atoms with Crippen molar-refractivity contribution >= 4 is 34.3 Å². The Hall–Kier alpha value is -0.580. The summed E-state index contributed by atoms with van der Waals surface area (Å²) in [5.74, 6) is -0.431. The van der Waals surface area contributed by atoms with E-state index in [1.54, 1.807) is 0 Å². The van der Waals surface area contributed by atoms with E-state index < -0.39 is 12.0 Å². The molecule has 84 valence electrons. The van der Waals surface area contributed by atoms with Crippen LogP contribution in [0.4, 0.5) is 0 Å². The predicted molar refractivity (Wildman–Crippen MR) is 65.1 cm³/mol. The zero-order valence-corrected chi connectivity index (χ0v) is 10.9. The van der Waals surface area contributed by atoms with Gasteiger partial charge in [-0.05, 0) is 24.1 Å². The van der Waals surface area contributed by atoms with Crippen LogP contribution in [0, 0.1) is 6.92 Å². The molecule has 0 bridgehead atoms. The third-order valence-electron chi connectivity index (χ3n) is 2.04. The largest absolute Gasteiger partial charge is 0.468 e. The summed E-state index contributed by atoms with van der Waals surface area (Å²) < 4.78 is 5.42. The molecule has 1 atom stereocenters. The molecule has 0 aromatic heterocycles. The molecule has 0 aliphatic rings. The smallest absolute Gasteiger partial charge is 0.327 e. The van der Waals surface area contributed by atoms with Gasteiger partial charge in [-0.3, -0.25) is 4.79 Å². The number of ether oxygens (including phenoxy) is 1. The maximum absolute atomic E-state index is 11.2. The monoisotopic (exact) mass is 293 g/mol. The molecule has 0 spiro atoms. The van der Waals surface area contributed by atoms with Crippen LogP contribution in [0.5, 0.6) is 0 Å². The Labute approximate surface area is 104 Å². The normalized spacial score (nSPS) is 11.5. The third-order valence-corrected chi connectivity index (χ3v) is 2.73. The maximum atomic E-state index is 11.2. The molecule has 1 aromatic carbocycles. The second-order valence-electron chi connectivity index (χ2n) is 2.97. The number of hydrogen-bond acceptors (Lipinski definition) is 3. The number of carbonyl (C=O) groups excluding carboxylic acids is 1. The number of nitrogens with two attached hydrogens (primary N) is 1. The van der Waals surface area contributed by atoms with Crippen LogP contribution in [0.3, 0.4) is 0 Å². The van der Waals surface area contributed by atoms with Crippen LogP contribution in [0.15, 0.2) is 22.7 Å². The molecule has 0 saturated heterocycles. The molecule has 0 heterocycles. The molecular weight excluding hydrogens is 281 g/mol. The van der Waals surface area contributed by atoms with E-state index in [-0.39, 0.29) is 12.4 Å². The van der Waals surface area contributed by atoms with Crippen LogP contribution >= 0.6 is 28.3 Å². The predicted octanol–water partition coefficient (Wildman–Crippen LogP) is 2.35. The number of carbonyl (C=O) groups is 1. The van der Waals surface area contributed by atoms with Crippen LogP contribution < -0.4 is 5.73 Å². The van der Waals surface area contributed by atoms with Crippen molar-refractivity contribution in [3.63, 3.8) is 0 Å². The van der Waals surface area contributed by atoms with Gasteiger partial charge < -0.3 is 10.5 Å². The first-order valence-corrected chi connectivity index (χ1v) is 4.95. The molecule has 1 unspecified atom stereocenters. The van der Waals surface area contributed by atoms with Crippen LogP contribution in [0.25, 0.3) is 0 Å². The highest BCUT2D eigenvalue weighted by Gasteiger charge is 2.20. The summed E-state index contributed by atoms with van der Waals surface area (Å²) in [5.41, 5.74) is 7.49. The minimum Gasteiger partial charge on any atom is -0.468 e. The van der Waals surface area contributed by atoms with Gasteiger partial charge in [0.25, 0.3) is 0 Å². The molecule has 15 heavy (non-hydrogen) atoms. The van der Waals surface area contributed by atoms with Crippen molar-refractivity contribution in [2.45, 2.75) is 13.0 Å². The summed E-state index contributed by atoms with van der Waals surface area (Å²) in [6, 6.07) is 4.93. The standard InChI is InChI=1S/C10H12BrNO2.ClH/c1-6-4-3-5-7(11)8(6)9(12)10(13)14-2;/h3-5,9H,12H2,1-2H3;1H. The fourth-order valence-corrected chi connectivity index (χ4v) is 2.00. The molecule has 0 aliphatic carbocycles. The van der Waals surface area contributed by atoms with Gasteiger partial charge in [0, 0.05) is 4.47 Å². The molecular formula is C10H13BrClNO2. The van der Waals surface area contributed by atoms with Gasteiger partial charge in [-0.25, -0.2) is 0 Å². The molecule has 0 aliphatic heterocycles. The Morgan fingerprint density at radius 3 is 2.60 bits per heavy atom. The van der Waals surface area contributed by atoms with Gasteiger partial charge >= 0.3 is 5.97 Å². The van der Waals surface area contributed by atoms with Crippen molar-refractivity contribution in [1.29, 1.82) is 0 Å². The van der Waals surface area contributed by atoms with Gasteiger partial charge in [0.05, 0.1) is 7.11 Å². The van der Waals surface area contributed by atoms with Crippen LogP contribution in [-0.4, -0.2) is 13.1 Å². The lowest BCUT2D eigenvalue weighted by atomic mass is 10.0. The van der Waals surface area contributed by atoms with Crippen LogP contribution in [-0.2, 0) is 9.53 Å². The second-order valence-corrected chi connectivity index (χ2v) is 3.83. The van der Waals surface area contributed by atoms with Gasteiger partial charge in [0.1, 0.15) is 6.04 Å². The second kappa shape index (κ2) is 6.10. The highest BCUT2D eigenvalue weighted by Crippen LogP contribution is 2.25. The summed E-state index contributed by atoms with van der Waals surface area (Å²) in [4.78, 5) is 11.2. The molecule has 3 nitrogen and oxygen atoms in total. The van der Waals surface area contributed by atoms with Crippen molar-refractivity contribution in [2.24, 2.45) is 5.73 Å². The molecule has 0 amide bonds. The van der Waals surface area contributed by atoms with E-state index in [0.717, 1.165) is 15.6 Å². The molecule has 0 saturated carbocycles. The lowest BCUT2D eigenvalue weighted by Crippen LogP contribution is -2.23. The number of rotatable bonds is 2. The number of esters is 1. The highest BCUT2D eigenvalue weighted by atomic mass is 79.9. The van der Waals surface area contributed by atoms with Crippen molar-refractivity contribution in [3.8, 4) is 0 Å². The zero-order valence-electron chi connectivity index (χ0n) is 8.49. The van der Waals surface area contributed by atoms with E-state index in [1.165, 1.54) is 7.11 Å². The lowest BCUT2D eigenvalue weighted by Gasteiger charge is -2.14. The Balaban J connectivity index is 0.00000196. The first kappa shape index (κ1) is 14.4. The SMILES string of the molecule is COC(=O)C(N)c1c(C)cccc1Br.Cl. The number of hydrogen-bond donors (Lipinski definition) is 1. The first-order valence-electron chi connectivity index (χ1n) is 4.16. The third kappa shape index (κ3) is 3.19. The topological polar surface area (TPSA) is 52.3 Å². The average molecular weight is 295 g/mol. The van der Waals surface area contributed by atoms with E-state index >= 15 is 0 Å². The lowest BCUT2D eigenvalue weighted by molar-refractivity contribution is -0.142. The van der Waals surface area contributed by atoms with E-state index in [0.29, 0.717) is 0 Å². The molecule has 0 radical (unpaired) electrons. The number of aryl methyl sites for hydroxylation is 1. The van der Waals surface area contributed by atoms with Gasteiger partial charge in [-0.15, -0.1) is 12.4 Å². The molecule has 2 N–H and O–H groups in total. The average Bonchev–Trinajstić information content (AvgIpc) is 2.16. The summed E-state index contributed by atoms with van der Waals surface area (Å²) in [6.07, 6.45) is 0. The number of halogens is 2. The minimum absolute atomic E-state index is 0. The van der Waals surface area contributed by atoms with Crippen LogP contribution in [0.1, 0.15) is 17.2 Å². The van der Waals surface area contributed by atoms with Crippen molar-refractivity contribution in [3.05, 3.63) is 33.8 Å². The van der Waals surface area contributed by atoms with E-state index in [1.807, 2.05) is 25.1 Å². The Bertz CT molecular complexity index is 337. The fraction of sp³-hybridized carbons (Fsp3) is 0.300. The molecule has 1 rings (SSSR count). The Morgan fingerprint density at radius 1 is 1.53 bits per heavy atom. The Morgan fingerprint density at radius 2 is 2.13 bits per heavy atom. The fourth-order valence-electron chi connectivity index (χ4n) is 1.28. The van der Waals surface area contributed by atoms with E-state index in [4.69, 9.17) is 5.73 Å². The van der Waals surface area contributed by atoms with E-state index in [2.05, 4.69) is 20.7 Å². The van der Waals surface area contributed by atoms with Gasteiger partial charge in [-0.2, -0.15) is 0 Å². The maximum Gasteiger partial charge on any atom is 0.327 e. The number of methoxy groups -OCH3 is 1. The molecule has 1 aromatic rings. The van der Waals surface area contributed by atoms with Gasteiger partial charge in [-0.1, -0.05) is 28.1 Å². The quantitative estimate of drug-likeness (QED) is 0.852. The van der Waals surface area contributed by atoms with Gasteiger partial charge in [0.15, 0.2) is 0 Å². The number of benzene rings is 1. The van der Waals surface area contributed by atoms with Crippen molar-refractivity contribution in [2.75, 3.05) is 7.11 Å². The highest BCUT2D eigenvalue weighted by molar-refractivity contribution is 9.10. The first-order chi connectivity index (χ1) is 6.57. The minimum atomic E-state index is -0.726. The molecule has 0 fully saturated rings. The Kier molecular flexibility index (Phi) is 5.87. The van der Waals surface area contributed by atoms with Crippen molar-refractivity contribution in [1.82, 2.24) is 0 Å². The summed E-state index contributed by atoms with van der Waals surface area (Å²) in [6.45, 7) is 1.91. The molecule has 5 heteroatoms. The zero-order chi connectivity index (χ0) is 10.7. The summed E-state index contributed by atoms with van der Waals surface area (Å²) in [7, 11) is 1.33. The summed E-state index contributed by atoms with van der Waals surface area (Å²) >= 11 is 3.36. The summed E-state index contributed by atoms with van der Waals surface area (Å²) in [5, 5.41) is 0. The van der Waals surface area contributed by atoms with E-state index in [9.17, 15) is 4.79 Å². The van der Waals surface area contributed by atoms with Crippen molar-refractivity contribution < 1.29 is 9.53 Å². The van der Waals surface area contributed by atoms with Crippen LogP contribution in [0.2, 0.25) is 0 Å². The van der Waals surface area contributed by atoms with Gasteiger partial charge in [0.2, 0.25) is 0 Å².